The molecule has 1 unspecified atom stereocenters. The molecule has 4 rings (SSSR count). The first-order chi connectivity index (χ1) is 13.5. The smallest absolute Gasteiger partial charge is 0.262 e. The predicted molar refractivity (Wildman–Crippen MR) is 108 cm³/mol. The highest BCUT2D eigenvalue weighted by atomic mass is 16.5. The summed E-state index contributed by atoms with van der Waals surface area (Å²) in [5.74, 6) is 0.351. The van der Waals surface area contributed by atoms with Gasteiger partial charge >= 0.3 is 0 Å². The number of likely N-dealkylation sites (N-methyl/N-ethyl adjacent to an activating group) is 1. The molecule has 1 aromatic carbocycles. The highest BCUT2D eigenvalue weighted by Crippen LogP contribution is 2.61. The van der Waals surface area contributed by atoms with E-state index in [1.807, 2.05) is 0 Å². The largest absolute Gasteiger partial charge is 0.385 e. The summed E-state index contributed by atoms with van der Waals surface area (Å²) in [7, 11) is 5.24. The number of nitrogens with zero attached hydrogens (tertiary/aromatic N) is 2. The molecule has 1 heterocycles. The second-order valence-corrected chi connectivity index (χ2v) is 8.52. The topological polar surface area (TPSA) is 77.2 Å². The maximum Gasteiger partial charge on any atom is 0.262 e. The van der Waals surface area contributed by atoms with Crippen LogP contribution >= 0.6 is 0 Å². The molecule has 3 aliphatic rings. The Balaban J connectivity index is 1.77. The molecule has 1 aliphatic heterocycles. The van der Waals surface area contributed by atoms with Crippen LogP contribution in [0, 0.1) is 5.41 Å². The van der Waals surface area contributed by atoms with E-state index in [0.29, 0.717) is 5.96 Å². The second-order valence-electron chi connectivity index (χ2n) is 8.52. The maximum atomic E-state index is 13.6. The van der Waals surface area contributed by atoms with Crippen molar-refractivity contribution in [2.45, 2.75) is 56.6 Å². The van der Waals surface area contributed by atoms with Gasteiger partial charge in [0.15, 0.2) is 11.5 Å². The van der Waals surface area contributed by atoms with E-state index in [2.05, 4.69) is 18.2 Å². The van der Waals surface area contributed by atoms with Crippen LogP contribution in [-0.4, -0.2) is 50.7 Å². The molecule has 2 aliphatic carbocycles. The van der Waals surface area contributed by atoms with Gasteiger partial charge in [-0.25, -0.2) is 4.99 Å². The molecule has 6 heteroatoms. The number of fused-ring (bicyclic) bond motifs is 3. The van der Waals surface area contributed by atoms with Crippen molar-refractivity contribution in [3.05, 3.63) is 34.9 Å². The molecule has 0 radical (unpaired) electrons. The number of nitrogens with two attached hydrogens (primary N) is 1. The Kier molecular flexibility index (Phi) is 4.96. The first-order valence-electron chi connectivity index (χ1n) is 10.2. The molecule has 0 saturated heterocycles. The summed E-state index contributed by atoms with van der Waals surface area (Å²) >= 11 is 0. The van der Waals surface area contributed by atoms with Crippen LogP contribution < -0.4 is 5.73 Å². The number of hydrogen-bond acceptors (Lipinski definition) is 5. The van der Waals surface area contributed by atoms with Crippen LogP contribution in [0.2, 0.25) is 0 Å². The number of aliphatic imine (C=N–C) groups is 1. The third kappa shape index (κ3) is 2.69. The summed E-state index contributed by atoms with van der Waals surface area (Å²) in [4.78, 5) is 20.0. The Morgan fingerprint density at radius 2 is 2.04 bits per heavy atom. The minimum absolute atomic E-state index is 0.0219. The Morgan fingerprint density at radius 1 is 1.29 bits per heavy atom. The van der Waals surface area contributed by atoms with Gasteiger partial charge < -0.3 is 15.2 Å². The van der Waals surface area contributed by atoms with Gasteiger partial charge in [0.2, 0.25) is 0 Å². The average Bonchev–Trinajstić information content (AvgIpc) is 3.10. The summed E-state index contributed by atoms with van der Waals surface area (Å²) in [5, 5.41) is 0. The number of benzene rings is 1. The van der Waals surface area contributed by atoms with Crippen LogP contribution in [0.25, 0.3) is 0 Å². The maximum absolute atomic E-state index is 13.6. The Bertz CT molecular complexity index is 798. The number of methoxy groups -OCH3 is 2. The molecule has 152 valence electrons. The third-order valence-corrected chi connectivity index (χ3v) is 7.14. The van der Waals surface area contributed by atoms with E-state index in [-0.39, 0.29) is 17.4 Å². The summed E-state index contributed by atoms with van der Waals surface area (Å²) < 4.78 is 10.8. The van der Waals surface area contributed by atoms with Crippen LogP contribution in [0.3, 0.4) is 0 Å². The standard InChI is InChI=1S/C22H31N3O3/c1-25-19(26)22(24-20(25)23)18-13-15(5-4-12-27-2)6-7-16(18)14-21(22)10-8-17(28-3)9-11-21/h6-7,13,17H,4-5,8-12,14H2,1-3H3,(H2,23,24). The number of carbonyl (C=O) groups is 1. The van der Waals surface area contributed by atoms with Crippen LogP contribution in [0.1, 0.15) is 48.8 Å². The zero-order chi connectivity index (χ0) is 19.9. The van der Waals surface area contributed by atoms with E-state index in [4.69, 9.17) is 20.2 Å². The zero-order valence-corrected chi connectivity index (χ0v) is 17.2. The van der Waals surface area contributed by atoms with Gasteiger partial charge in [0.05, 0.1) is 6.10 Å². The predicted octanol–water partition coefficient (Wildman–Crippen LogP) is 2.38. The summed E-state index contributed by atoms with van der Waals surface area (Å²) in [6.45, 7) is 0.733. The number of hydrogen-bond donors (Lipinski definition) is 1. The highest BCUT2D eigenvalue weighted by molar-refractivity contribution is 6.08. The lowest BCUT2D eigenvalue weighted by molar-refractivity contribution is -0.137. The molecule has 0 bridgehead atoms. The number of rotatable bonds is 5. The van der Waals surface area contributed by atoms with Gasteiger partial charge in [0.1, 0.15) is 0 Å². The summed E-state index contributed by atoms with van der Waals surface area (Å²) in [5.41, 5.74) is 8.63. The van der Waals surface area contributed by atoms with Crippen LogP contribution in [0.5, 0.6) is 0 Å². The number of ether oxygens (including phenoxy) is 2. The van der Waals surface area contributed by atoms with Gasteiger partial charge in [0.25, 0.3) is 5.91 Å². The van der Waals surface area contributed by atoms with Crippen molar-refractivity contribution in [2.24, 2.45) is 16.1 Å². The quantitative estimate of drug-likeness (QED) is 0.790. The molecule has 1 saturated carbocycles. The van der Waals surface area contributed by atoms with Gasteiger partial charge in [-0.2, -0.15) is 0 Å². The fourth-order valence-electron chi connectivity index (χ4n) is 5.55. The van der Waals surface area contributed by atoms with Crippen molar-refractivity contribution in [2.75, 3.05) is 27.9 Å². The normalized spacial score (nSPS) is 31.7. The molecule has 1 fully saturated rings. The van der Waals surface area contributed by atoms with Gasteiger partial charge in [-0.3, -0.25) is 9.69 Å². The zero-order valence-electron chi connectivity index (χ0n) is 17.2. The molecule has 1 amide bonds. The number of amides is 1. The Hall–Kier alpha value is -1.92. The average molecular weight is 386 g/mol. The Labute approximate surface area is 167 Å². The van der Waals surface area contributed by atoms with Crippen molar-refractivity contribution in [1.82, 2.24) is 4.90 Å². The molecule has 2 N–H and O–H groups in total. The molecular formula is C22H31N3O3. The summed E-state index contributed by atoms with van der Waals surface area (Å²) in [6.07, 6.45) is 6.81. The lowest BCUT2D eigenvalue weighted by atomic mass is 9.61. The number of carbonyl (C=O) groups excluding carboxylic acids is 1. The van der Waals surface area contributed by atoms with Gasteiger partial charge in [-0.1, -0.05) is 18.2 Å². The molecule has 28 heavy (non-hydrogen) atoms. The molecule has 2 spiro atoms. The number of aryl methyl sites for hydroxylation is 1. The third-order valence-electron chi connectivity index (χ3n) is 7.14. The first kappa shape index (κ1) is 19.4. The monoisotopic (exact) mass is 385 g/mol. The van der Waals surface area contributed by atoms with E-state index >= 15 is 0 Å². The van der Waals surface area contributed by atoms with Crippen molar-refractivity contribution < 1.29 is 14.3 Å². The van der Waals surface area contributed by atoms with E-state index in [1.165, 1.54) is 16.0 Å². The van der Waals surface area contributed by atoms with Gasteiger partial charge in [-0.05, 0) is 61.6 Å². The van der Waals surface area contributed by atoms with Crippen LogP contribution in [0.15, 0.2) is 23.2 Å². The Morgan fingerprint density at radius 3 is 2.64 bits per heavy atom. The lowest BCUT2D eigenvalue weighted by Crippen LogP contribution is -2.51. The SMILES string of the molecule is COCCCc1ccc2c(c1)C1(N=C(N)N(C)C1=O)C1(CCC(OC)CC1)C2. The van der Waals surface area contributed by atoms with Crippen molar-refractivity contribution in [1.29, 1.82) is 0 Å². The molecular weight excluding hydrogens is 354 g/mol. The highest BCUT2D eigenvalue weighted by Gasteiger charge is 2.66. The first-order valence-corrected chi connectivity index (χ1v) is 10.2. The minimum atomic E-state index is -0.878. The van der Waals surface area contributed by atoms with Crippen molar-refractivity contribution in [3.8, 4) is 0 Å². The van der Waals surface area contributed by atoms with Gasteiger partial charge in [0, 0.05) is 33.3 Å². The molecule has 6 nitrogen and oxygen atoms in total. The van der Waals surface area contributed by atoms with Gasteiger partial charge in [-0.15, -0.1) is 0 Å². The number of guanidine groups is 1. The van der Waals surface area contributed by atoms with E-state index in [9.17, 15) is 4.79 Å². The second kappa shape index (κ2) is 7.16. The fraction of sp³-hybridized carbons (Fsp3) is 0.636. The fourth-order valence-corrected chi connectivity index (χ4v) is 5.55. The summed E-state index contributed by atoms with van der Waals surface area (Å²) in [6, 6.07) is 6.60. The van der Waals surface area contributed by atoms with E-state index < -0.39 is 5.54 Å². The minimum Gasteiger partial charge on any atom is -0.385 e. The molecule has 1 aromatic rings. The molecule has 0 aromatic heterocycles. The van der Waals surface area contributed by atoms with Crippen molar-refractivity contribution in [3.63, 3.8) is 0 Å². The van der Waals surface area contributed by atoms with E-state index in [1.54, 1.807) is 21.3 Å². The van der Waals surface area contributed by atoms with Crippen LogP contribution in [0.4, 0.5) is 0 Å². The van der Waals surface area contributed by atoms with Crippen LogP contribution in [-0.2, 0) is 32.6 Å². The lowest BCUT2D eigenvalue weighted by Gasteiger charge is -2.45. The van der Waals surface area contributed by atoms with E-state index in [0.717, 1.165) is 57.1 Å². The molecule has 1 atom stereocenters. The van der Waals surface area contributed by atoms with Crippen molar-refractivity contribution >= 4 is 11.9 Å².